The second kappa shape index (κ2) is 8.22. The van der Waals surface area contributed by atoms with Crippen LogP contribution in [0.5, 0.6) is 0 Å². The number of thiophene rings is 1. The van der Waals surface area contributed by atoms with Gasteiger partial charge in [-0.3, -0.25) is 4.79 Å². The lowest BCUT2D eigenvalue weighted by atomic mass is 9.88. The number of hydrogen-bond acceptors (Lipinski definition) is 6. The van der Waals surface area contributed by atoms with Gasteiger partial charge in [0.25, 0.3) is 0 Å². The lowest BCUT2D eigenvalue weighted by Gasteiger charge is -2.27. The maximum Gasteiger partial charge on any atom is 0.233 e. The van der Waals surface area contributed by atoms with Crippen LogP contribution in [0.1, 0.15) is 41.8 Å². The molecule has 0 aliphatic heterocycles. The molecule has 0 spiro atoms. The molecule has 1 aromatic carbocycles. The van der Waals surface area contributed by atoms with E-state index in [4.69, 9.17) is 0 Å². The SMILES string of the molecule is C[C@H](Sc1nnnn1Cc1cccs1)C(=O)N[C@H]1CCCc2ccccc21. The largest absolute Gasteiger partial charge is 0.348 e. The van der Waals surface area contributed by atoms with Crippen LogP contribution >= 0.6 is 23.1 Å². The van der Waals surface area contributed by atoms with Crippen molar-refractivity contribution in [3.8, 4) is 0 Å². The number of aryl methyl sites for hydroxylation is 1. The third-order valence-corrected chi connectivity index (χ3v) is 6.65. The number of nitrogens with one attached hydrogen (secondary N) is 1. The first kappa shape index (κ1) is 18.2. The number of thioether (sulfide) groups is 1. The Hall–Kier alpha value is -2.19. The molecule has 0 saturated carbocycles. The van der Waals surface area contributed by atoms with Crippen LogP contribution in [0, 0.1) is 0 Å². The highest BCUT2D eigenvalue weighted by molar-refractivity contribution is 8.00. The summed E-state index contributed by atoms with van der Waals surface area (Å²) in [4.78, 5) is 13.9. The number of carbonyl (C=O) groups excluding carboxylic acids is 1. The first-order chi connectivity index (χ1) is 13.2. The van der Waals surface area contributed by atoms with Gasteiger partial charge in [-0.2, -0.15) is 0 Å². The summed E-state index contributed by atoms with van der Waals surface area (Å²) in [5, 5.41) is 17.6. The Morgan fingerprint density at radius 3 is 3.11 bits per heavy atom. The molecule has 0 fully saturated rings. The highest BCUT2D eigenvalue weighted by Crippen LogP contribution is 2.30. The molecule has 6 nitrogen and oxygen atoms in total. The fourth-order valence-electron chi connectivity index (χ4n) is 3.33. The second-order valence-electron chi connectivity index (χ2n) is 6.61. The van der Waals surface area contributed by atoms with Crippen molar-refractivity contribution >= 4 is 29.0 Å². The van der Waals surface area contributed by atoms with Gasteiger partial charge in [0.05, 0.1) is 17.8 Å². The van der Waals surface area contributed by atoms with Crippen molar-refractivity contribution in [2.75, 3.05) is 0 Å². The molecule has 2 atom stereocenters. The highest BCUT2D eigenvalue weighted by atomic mass is 32.2. The molecule has 140 valence electrons. The first-order valence-corrected chi connectivity index (χ1v) is 10.8. The van der Waals surface area contributed by atoms with E-state index in [-0.39, 0.29) is 17.2 Å². The zero-order valence-electron chi connectivity index (χ0n) is 15.0. The molecule has 2 heterocycles. The van der Waals surface area contributed by atoms with Crippen LogP contribution in [0.4, 0.5) is 0 Å². The monoisotopic (exact) mass is 399 g/mol. The summed E-state index contributed by atoms with van der Waals surface area (Å²) in [6, 6.07) is 12.5. The van der Waals surface area contributed by atoms with E-state index >= 15 is 0 Å². The van der Waals surface area contributed by atoms with Crippen LogP contribution in [0.2, 0.25) is 0 Å². The fraction of sp³-hybridized carbons (Fsp3) is 0.368. The van der Waals surface area contributed by atoms with Gasteiger partial charge in [0.2, 0.25) is 11.1 Å². The van der Waals surface area contributed by atoms with Gasteiger partial charge in [-0.1, -0.05) is 42.1 Å². The molecule has 3 aromatic rings. The summed E-state index contributed by atoms with van der Waals surface area (Å²) >= 11 is 3.06. The van der Waals surface area contributed by atoms with Gasteiger partial charge < -0.3 is 5.32 Å². The van der Waals surface area contributed by atoms with Crippen LogP contribution in [-0.2, 0) is 17.8 Å². The van der Waals surface area contributed by atoms with Crippen molar-refractivity contribution in [3.63, 3.8) is 0 Å². The smallest absolute Gasteiger partial charge is 0.233 e. The average molecular weight is 400 g/mol. The summed E-state index contributed by atoms with van der Waals surface area (Å²) in [5.74, 6) is 0.0207. The molecular weight excluding hydrogens is 378 g/mol. The highest BCUT2D eigenvalue weighted by Gasteiger charge is 2.25. The van der Waals surface area contributed by atoms with Crippen molar-refractivity contribution in [2.24, 2.45) is 0 Å². The van der Waals surface area contributed by atoms with Gasteiger partial charge in [-0.15, -0.1) is 16.4 Å². The Morgan fingerprint density at radius 1 is 1.37 bits per heavy atom. The van der Waals surface area contributed by atoms with Crippen LogP contribution in [0.25, 0.3) is 0 Å². The molecule has 27 heavy (non-hydrogen) atoms. The molecule has 0 unspecified atom stereocenters. The van der Waals surface area contributed by atoms with Crippen molar-refractivity contribution in [3.05, 3.63) is 57.8 Å². The molecule has 1 aliphatic carbocycles. The van der Waals surface area contributed by atoms with Crippen LogP contribution < -0.4 is 5.32 Å². The number of fused-ring (bicyclic) bond motifs is 1. The third kappa shape index (κ3) is 4.22. The van der Waals surface area contributed by atoms with E-state index in [2.05, 4.69) is 45.1 Å². The fourth-order valence-corrected chi connectivity index (χ4v) is 4.82. The number of hydrogen-bond donors (Lipinski definition) is 1. The Kier molecular flexibility index (Phi) is 5.54. The Balaban J connectivity index is 1.40. The van der Waals surface area contributed by atoms with Crippen molar-refractivity contribution < 1.29 is 4.79 Å². The molecule has 8 heteroatoms. The number of nitrogens with zero attached hydrogens (tertiary/aromatic N) is 4. The Morgan fingerprint density at radius 2 is 2.26 bits per heavy atom. The van der Waals surface area contributed by atoms with E-state index in [1.165, 1.54) is 27.8 Å². The zero-order valence-corrected chi connectivity index (χ0v) is 16.7. The van der Waals surface area contributed by atoms with Gasteiger partial charge in [0.15, 0.2) is 0 Å². The maximum atomic E-state index is 12.8. The van der Waals surface area contributed by atoms with Gasteiger partial charge >= 0.3 is 0 Å². The van der Waals surface area contributed by atoms with Gasteiger partial charge in [-0.25, -0.2) is 4.68 Å². The predicted octanol–water partition coefficient (Wildman–Crippen LogP) is 3.46. The van der Waals surface area contributed by atoms with E-state index in [1.807, 2.05) is 24.4 Å². The van der Waals surface area contributed by atoms with Gasteiger partial charge in [-0.05, 0) is 59.2 Å². The summed E-state index contributed by atoms with van der Waals surface area (Å²) in [6.45, 7) is 2.52. The molecular formula is C19H21N5OS2. The standard InChI is InChI=1S/C19H21N5OS2/c1-13(27-19-21-22-23-24(19)12-15-8-5-11-26-15)18(25)20-17-10-4-7-14-6-2-3-9-16(14)17/h2-3,5-6,8-9,11,13,17H,4,7,10,12H2,1H3,(H,20,25)/t13-,17-/m0/s1. The lowest BCUT2D eigenvalue weighted by Crippen LogP contribution is -2.36. The predicted molar refractivity (Wildman–Crippen MR) is 107 cm³/mol. The minimum Gasteiger partial charge on any atom is -0.348 e. The van der Waals surface area contributed by atoms with Crippen LogP contribution in [0.3, 0.4) is 0 Å². The molecule has 1 aliphatic rings. The van der Waals surface area contributed by atoms with Gasteiger partial charge in [0.1, 0.15) is 0 Å². The second-order valence-corrected chi connectivity index (χ2v) is 8.95. The molecule has 0 saturated heterocycles. The number of aromatic nitrogens is 4. The summed E-state index contributed by atoms with van der Waals surface area (Å²) in [5.41, 5.74) is 2.59. The Labute approximate surface area is 166 Å². The third-order valence-electron chi connectivity index (χ3n) is 4.72. The maximum absolute atomic E-state index is 12.8. The topological polar surface area (TPSA) is 72.7 Å². The normalized spacial score (nSPS) is 17.3. The minimum absolute atomic E-state index is 0.0207. The zero-order chi connectivity index (χ0) is 18.6. The number of benzene rings is 1. The molecule has 4 rings (SSSR count). The molecule has 2 aromatic heterocycles. The summed E-state index contributed by atoms with van der Waals surface area (Å²) in [6.07, 6.45) is 3.17. The van der Waals surface area contributed by atoms with E-state index in [1.54, 1.807) is 16.0 Å². The number of rotatable bonds is 6. The van der Waals surface area contributed by atoms with E-state index in [0.717, 1.165) is 19.3 Å². The average Bonchev–Trinajstić information content (AvgIpc) is 3.35. The number of amides is 1. The molecule has 1 amide bonds. The number of carbonyl (C=O) groups is 1. The molecule has 0 bridgehead atoms. The Bertz CT molecular complexity index is 908. The van der Waals surface area contributed by atoms with E-state index in [0.29, 0.717) is 11.7 Å². The van der Waals surface area contributed by atoms with Crippen molar-refractivity contribution in [1.82, 2.24) is 25.5 Å². The van der Waals surface area contributed by atoms with Crippen molar-refractivity contribution in [1.29, 1.82) is 0 Å². The summed E-state index contributed by atoms with van der Waals surface area (Å²) in [7, 11) is 0. The lowest BCUT2D eigenvalue weighted by molar-refractivity contribution is -0.121. The van der Waals surface area contributed by atoms with Crippen LogP contribution in [-0.4, -0.2) is 31.4 Å². The van der Waals surface area contributed by atoms with Crippen molar-refractivity contribution in [2.45, 2.75) is 49.2 Å². The summed E-state index contributed by atoms with van der Waals surface area (Å²) < 4.78 is 1.75. The molecule has 1 N–H and O–H groups in total. The van der Waals surface area contributed by atoms with E-state index < -0.39 is 0 Å². The molecule has 0 radical (unpaired) electrons. The first-order valence-electron chi connectivity index (χ1n) is 9.04. The van der Waals surface area contributed by atoms with Gasteiger partial charge in [0, 0.05) is 4.88 Å². The quantitative estimate of drug-likeness (QED) is 0.643. The number of tetrazole rings is 1. The minimum atomic E-state index is -0.271. The van der Waals surface area contributed by atoms with Crippen LogP contribution in [0.15, 0.2) is 46.9 Å². The van der Waals surface area contributed by atoms with E-state index in [9.17, 15) is 4.79 Å².